The number of hydrogen-bond acceptors (Lipinski definition) is 3. The molecule has 1 saturated heterocycles. The molecular weight excluding hydrogens is 210 g/mol. The van der Waals surface area contributed by atoms with Crippen molar-refractivity contribution in [3.8, 4) is 0 Å². The lowest BCUT2D eigenvalue weighted by Crippen LogP contribution is -2.42. The van der Waals surface area contributed by atoms with Gasteiger partial charge in [0.25, 0.3) is 0 Å². The number of aromatic nitrogens is 1. The molecule has 2 heterocycles. The Balaban J connectivity index is 1.96. The number of piperidine rings is 1. The molecule has 2 rings (SSSR count). The van der Waals surface area contributed by atoms with Crippen molar-refractivity contribution >= 4 is 11.6 Å². The largest absolute Gasteiger partial charge is 0.327 e. The van der Waals surface area contributed by atoms with Crippen molar-refractivity contribution in [2.75, 3.05) is 13.1 Å². The van der Waals surface area contributed by atoms with E-state index in [1.54, 1.807) is 12.3 Å². The van der Waals surface area contributed by atoms with Gasteiger partial charge in [0.1, 0.15) is 0 Å². The molecule has 0 saturated carbocycles. The molecule has 2 N–H and O–H groups in total. The second-order valence-electron chi connectivity index (χ2n) is 4.10. The van der Waals surface area contributed by atoms with E-state index in [4.69, 9.17) is 17.3 Å². The van der Waals surface area contributed by atoms with E-state index in [1.807, 2.05) is 6.07 Å². The van der Waals surface area contributed by atoms with Crippen LogP contribution in [0.1, 0.15) is 18.5 Å². The highest BCUT2D eigenvalue weighted by Crippen LogP contribution is 2.13. The second-order valence-corrected chi connectivity index (χ2v) is 4.54. The smallest absolute Gasteiger partial charge is 0.0558 e. The third-order valence-electron chi connectivity index (χ3n) is 2.71. The van der Waals surface area contributed by atoms with E-state index in [0.717, 1.165) is 36.8 Å². The lowest BCUT2D eigenvalue weighted by molar-refractivity contribution is 0.199. The molecule has 1 aromatic rings. The molecule has 0 aromatic carbocycles. The summed E-state index contributed by atoms with van der Waals surface area (Å²) in [5.74, 6) is 0. The van der Waals surface area contributed by atoms with E-state index in [-0.39, 0.29) is 0 Å². The van der Waals surface area contributed by atoms with Crippen molar-refractivity contribution < 1.29 is 0 Å². The van der Waals surface area contributed by atoms with Crippen LogP contribution in [0.25, 0.3) is 0 Å². The van der Waals surface area contributed by atoms with E-state index >= 15 is 0 Å². The van der Waals surface area contributed by atoms with E-state index in [1.165, 1.54) is 6.42 Å². The number of nitrogens with zero attached hydrogens (tertiary/aromatic N) is 2. The Morgan fingerprint density at radius 2 is 2.47 bits per heavy atom. The zero-order chi connectivity index (χ0) is 10.7. The van der Waals surface area contributed by atoms with Gasteiger partial charge in [-0.3, -0.25) is 9.88 Å². The first kappa shape index (κ1) is 10.9. The van der Waals surface area contributed by atoms with Crippen molar-refractivity contribution in [3.63, 3.8) is 0 Å². The molecule has 4 heteroatoms. The second kappa shape index (κ2) is 4.92. The Hall–Kier alpha value is -0.640. The van der Waals surface area contributed by atoms with Crippen molar-refractivity contribution in [1.82, 2.24) is 9.88 Å². The number of rotatable bonds is 2. The summed E-state index contributed by atoms with van der Waals surface area (Å²) in [6.45, 7) is 2.93. The van der Waals surface area contributed by atoms with Crippen molar-refractivity contribution in [2.45, 2.75) is 25.4 Å². The third kappa shape index (κ3) is 3.16. The molecule has 1 aliphatic rings. The van der Waals surface area contributed by atoms with Crippen molar-refractivity contribution in [2.24, 2.45) is 5.73 Å². The van der Waals surface area contributed by atoms with Gasteiger partial charge in [0.05, 0.1) is 5.69 Å². The van der Waals surface area contributed by atoms with Crippen LogP contribution in [0.15, 0.2) is 18.3 Å². The van der Waals surface area contributed by atoms with Crippen LogP contribution in [-0.2, 0) is 6.54 Å². The molecule has 0 amide bonds. The predicted octanol–water partition coefficient (Wildman–Crippen LogP) is 1.66. The van der Waals surface area contributed by atoms with Crippen molar-refractivity contribution in [1.29, 1.82) is 0 Å². The van der Waals surface area contributed by atoms with Crippen LogP contribution in [0, 0.1) is 0 Å². The highest BCUT2D eigenvalue weighted by molar-refractivity contribution is 6.30. The summed E-state index contributed by atoms with van der Waals surface area (Å²) in [5, 5.41) is 0.751. The van der Waals surface area contributed by atoms with Gasteiger partial charge in [-0.25, -0.2) is 0 Å². The average Bonchev–Trinajstić information content (AvgIpc) is 2.17. The Bertz CT molecular complexity index is 329. The number of likely N-dealkylation sites (tertiary alicyclic amines) is 1. The summed E-state index contributed by atoms with van der Waals surface area (Å²) in [7, 11) is 0. The zero-order valence-corrected chi connectivity index (χ0v) is 9.45. The van der Waals surface area contributed by atoms with Gasteiger partial charge in [-0.2, -0.15) is 0 Å². The third-order valence-corrected chi connectivity index (χ3v) is 2.94. The minimum absolute atomic E-state index is 0.318. The van der Waals surface area contributed by atoms with Gasteiger partial charge in [0.15, 0.2) is 0 Å². The summed E-state index contributed by atoms with van der Waals surface area (Å²) < 4.78 is 0. The predicted molar refractivity (Wildman–Crippen MR) is 61.7 cm³/mol. The normalized spacial score (nSPS) is 22.9. The Morgan fingerprint density at radius 3 is 3.20 bits per heavy atom. The first-order chi connectivity index (χ1) is 7.24. The first-order valence-corrected chi connectivity index (χ1v) is 5.70. The van der Waals surface area contributed by atoms with Gasteiger partial charge in [-0.05, 0) is 31.5 Å². The molecule has 0 radical (unpaired) electrons. The van der Waals surface area contributed by atoms with E-state index in [9.17, 15) is 0 Å². The van der Waals surface area contributed by atoms with Crippen LogP contribution in [0.2, 0.25) is 5.02 Å². The van der Waals surface area contributed by atoms with Crippen molar-refractivity contribution in [3.05, 3.63) is 29.0 Å². The lowest BCUT2D eigenvalue weighted by Gasteiger charge is -2.30. The van der Waals surface area contributed by atoms with Gasteiger partial charge in [-0.1, -0.05) is 11.6 Å². The maximum Gasteiger partial charge on any atom is 0.0558 e. The van der Waals surface area contributed by atoms with Gasteiger partial charge >= 0.3 is 0 Å². The summed E-state index contributed by atoms with van der Waals surface area (Å²) in [6.07, 6.45) is 4.07. The topological polar surface area (TPSA) is 42.1 Å². The minimum Gasteiger partial charge on any atom is -0.327 e. The monoisotopic (exact) mass is 225 g/mol. The minimum atomic E-state index is 0.318. The number of nitrogens with two attached hydrogens (primary N) is 1. The SMILES string of the molecule is N[C@@H]1CCCN(Cc2cc(Cl)ccn2)C1. The fourth-order valence-corrected chi connectivity index (χ4v) is 2.18. The standard InChI is InChI=1S/C11H16ClN3/c12-9-3-4-14-11(6-9)8-15-5-1-2-10(13)7-15/h3-4,6,10H,1-2,5,7-8,13H2/t10-/m1/s1. The molecule has 1 fully saturated rings. The van der Waals surface area contributed by atoms with Gasteiger partial charge in [0, 0.05) is 30.4 Å². The van der Waals surface area contributed by atoms with Crippen LogP contribution in [0.3, 0.4) is 0 Å². The highest BCUT2D eigenvalue weighted by Gasteiger charge is 2.16. The molecule has 0 bridgehead atoms. The molecule has 0 spiro atoms. The van der Waals surface area contributed by atoms with Gasteiger partial charge < -0.3 is 5.73 Å². The Kier molecular flexibility index (Phi) is 3.57. The molecule has 0 unspecified atom stereocenters. The molecule has 15 heavy (non-hydrogen) atoms. The lowest BCUT2D eigenvalue weighted by atomic mass is 10.1. The number of hydrogen-bond donors (Lipinski definition) is 1. The molecule has 1 atom stereocenters. The summed E-state index contributed by atoms with van der Waals surface area (Å²) >= 11 is 5.91. The molecule has 1 aliphatic heterocycles. The fraction of sp³-hybridized carbons (Fsp3) is 0.545. The Morgan fingerprint density at radius 1 is 1.60 bits per heavy atom. The van der Waals surface area contributed by atoms with Crippen LogP contribution >= 0.6 is 11.6 Å². The molecule has 3 nitrogen and oxygen atoms in total. The van der Waals surface area contributed by atoms with Crippen LogP contribution in [0.5, 0.6) is 0 Å². The van der Waals surface area contributed by atoms with E-state index < -0.39 is 0 Å². The Labute approximate surface area is 95.2 Å². The van der Waals surface area contributed by atoms with Crippen LogP contribution in [-0.4, -0.2) is 29.0 Å². The highest BCUT2D eigenvalue weighted by atomic mass is 35.5. The number of halogens is 1. The summed E-state index contributed by atoms with van der Waals surface area (Å²) in [4.78, 5) is 6.63. The first-order valence-electron chi connectivity index (χ1n) is 5.32. The number of pyridine rings is 1. The van der Waals surface area contributed by atoms with Gasteiger partial charge in [0.2, 0.25) is 0 Å². The van der Waals surface area contributed by atoms with Crippen LogP contribution in [0.4, 0.5) is 0 Å². The van der Waals surface area contributed by atoms with Gasteiger partial charge in [-0.15, -0.1) is 0 Å². The molecule has 0 aliphatic carbocycles. The van der Waals surface area contributed by atoms with Crippen LogP contribution < -0.4 is 5.73 Å². The molecular formula is C11H16ClN3. The maximum atomic E-state index is 5.92. The van der Waals surface area contributed by atoms with E-state index in [2.05, 4.69) is 9.88 Å². The zero-order valence-electron chi connectivity index (χ0n) is 8.69. The molecule has 82 valence electrons. The molecule has 1 aromatic heterocycles. The maximum absolute atomic E-state index is 5.92. The summed E-state index contributed by atoms with van der Waals surface area (Å²) in [6, 6.07) is 4.03. The fourth-order valence-electron chi connectivity index (χ4n) is 2.00. The quantitative estimate of drug-likeness (QED) is 0.833. The summed E-state index contributed by atoms with van der Waals surface area (Å²) in [5.41, 5.74) is 6.95. The van der Waals surface area contributed by atoms with E-state index in [0.29, 0.717) is 6.04 Å². The average molecular weight is 226 g/mol.